The molecule has 0 bridgehead atoms. The fourth-order valence-electron chi connectivity index (χ4n) is 1.64. The molecule has 0 saturated heterocycles. The van der Waals surface area contributed by atoms with E-state index in [0.29, 0.717) is 0 Å². The van der Waals surface area contributed by atoms with Crippen LogP contribution in [0.2, 0.25) is 0 Å². The van der Waals surface area contributed by atoms with Crippen LogP contribution in [0.1, 0.15) is 22.7 Å². The zero-order valence-corrected chi connectivity index (χ0v) is 13.4. The molecule has 0 amide bonds. The zero-order chi connectivity index (χ0) is 12.4. The summed E-state index contributed by atoms with van der Waals surface area (Å²) in [4.78, 5) is 11.6. The van der Waals surface area contributed by atoms with E-state index in [1.54, 1.807) is 11.3 Å². The number of rotatable bonds is 4. The van der Waals surface area contributed by atoms with E-state index in [1.165, 1.54) is 15.8 Å². The summed E-state index contributed by atoms with van der Waals surface area (Å²) in [5.74, 6) is 1.98. The molecule has 5 heteroatoms. The molecular formula is C12H15BrN2S2. The van der Waals surface area contributed by atoms with Crippen molar-refractivity contribution >= 4 is 49.2 Å². The van der Waals surface area contributed by atoms with Crippen molar-refractivity contribution in [3.05, 3.63) is 16.3 Å². The van der Waals surface area contributed by atoms with E-state index < -0.39 is 0 Å². The maximum Gasteiger partial charge on any atom is 0.128 e. The molecule has 17 heavy (non-hydrogen) atoms. The van der Waals surface area contributed by atoms with Crippen molar-refractivity contribution in [2.75, 3.05) is 11.1 Å². The number of hydrogen-bond donors (Lipinski definition) is 0. The van der Waals surface area contributed by atoms with E-state index in [2.05, 4.69) is 39.7 Å². The van der Waals surface area contributed by atoms with Gasteiger partial charge in [-0.2, -0.15) is 0 Å². The Labute approximate surface area is 118 Å². The summed E-state index contributed by atoms with van der Waals surface area (Å²) in [6.45, 7) is 6.30. The van der Waals surface area contributed by atoms with Gasteiger partial charge in [0.2, 0.25) is 0 Å². The lowest BCUT2D eigenvalue weighted by atomic mass is 10.2. The number of aromatic nitrogens is 2. The maximum absolute atomic E-state index is 4.59. The van der Waals surface area contributed by atoms with Crippen LogP contribution in [0.4, 0.5) is 0 Å². The summed E-state index contributed by atoms with van der Waals surface area (Å²) in [6, 6.07) is 0. The Balaban J connectivity index is 2.44. The largest absolute Gasteiger partial charge is 0.226 e. The summed E-state index contributed by atoms with van der Waals surface area (Å²) in [6.07, 6.45) is 1.16. The lowest BCUT2D eigenvalue weighted by molar-refractivity contribution is 1.01. The van der Waals surface area contributed by atoms with Gasteiger partial charge in [-0.3, -0.25) is 0 Å². The zero-order valence-electron chi connectivity index (χ0n) is 10.2. The van der Waals surface area contributed by atoms with E-state index in [-0.39, 0.29) is 0 Å². The first kappa shape index (κ1) is 13.3. The normalized spacial score (nSPS) is 11.3. The van der Waals surface area contributed by atoms with Gasteiger partial charge in [-0.05, 0) is 32.8 Å². The van der Waals surface area contributed by atoms with Crippen LogP contribution in [0.3, 0.4) is 0 Å². The molecule has 0 radical (unpaired) electrons. The SMILES string of the molecule is Cc1nc(SCCCBr)c2c(C)c(C)sc2n1. The predicted molar refractivity (Wildman–Crippen MR) is 80.8 cm³/mol. The Morgan fingerprint density at radius 1 is 1.24 bits per heavy atom. The molecule has 0 aliphatic heterocycles. The van der Waals surface area contributed by atoms with Crippen molar-refractivity contribution in [2.45, 2.75) is 32.2 Å². The predicted octanol–water partition coefficient (Wildman–Crippen LogP) is 4.49. The fourth-order valence-corrected chi connectivity index (χ4v) is 4.51. The van der Waals surface area contributed by atoms with E-state index in [0.717, 1.165) is 33.2 Å². The highest BCUT2D eigenvalue weighted by Crippen LogP contribution is 2.35. The molecule has 0 aliphatic carbocycles. The number of halogens is 1. The van der Waals surface area contributed by atoms with Gasteiger partial charge in [0.05, 0.1) is 0 Å². The van der Waals surface area contributed by atoms with Crippen LogP contribution < -0.4 is 0 Å². The number of thiophene rings is 1. The van der Waals surface area contributed by atoms with Gasteiger partial charge in [0.15, 0.2) is 0 Å². The third kappa shape index (κ3) is 2.83. The first-order chi connectivity index (χ1) is 8.13. The smallest absolute Gasteiger partial charge is 0.128 e. The Bertz CT molecular complexity index is 537. The van der Waals surface area contributed by atoms with Gasteiger partial charge in [-0.15, -0.1) is 23.1 Å². The monoisotopic (exact) mass is 330 g/mol. The molecule has 0 saturated carbocycles. The Morgan fingerprint density at radius 3 is 2.71 bits per heavy atom. The Morgan fingerprint density at radius 2 is 2.00 bits per heavy atom. The second-order valence-corrected chi connectivity index (χ2v) is 7.01. The lowest BCUT2D eigenvalue weighted by Gasteiger charge is -2.04. The summed E-state index contributed by atoms with van der Waals surface area (Å²) in [5.41, 5.74) is 1.34. The number of fused-ring (bicyclic) bond motifs is 1. The van der Waals surface area contributed by atoms with Crippen LogP contribution in [0, 0.1) is 20.8 Å². The van der Waals surface area contributed by atoms with Gasteiger partial charge in [-0.1, -0.05) is 15.9 Å². The first-order valence-corrected chi connectivity index (χ1v) is 8.49. The minimum Gasteiger partial charge on any atom is -0.226 e. The summed E-state index contributed by atoms with van der Waals surface area (Å²) < 4.78 is 0. The van der Waals surface area contributed by atoms with E-state index in [9.17, 15) is 0 Å². The molecule has 2 rings (SSSR count). The lowest BCUT2D eigenvalue weighted by Crippen LogP contribution is -1.92. The third-order valence-electron chi connectivity index (χ3n) is 2.62. The van der Waals surface area contributed by atoms with E-state index in [1.807, 2.05) is 18.7 Å². The molecule has 2 heterocycles. The average molecular weight is 331 g/mol. The molecule has 0 N–H and O–H groups in total. The number of thioether (sulfide) groups is 1. The average Bonchev–Trinajstić information content (AvgIpc) is 2.54. The van der Waals surface area contributed by atoms with Crippen molar-refractivity contribution in [1.29, 1.82) is 0 Å². The molecule has 0 fully saturated rings. The van der Waals surface area contributed by atoms with Crippen molar-refractivity contribution in [2.24, 2.45) is 0 Å². The second kappa shape index (κ2) is 5.67. The van der Waals surface area contributed by atoms with E-state index in [4.69, 9.17) is 0 Å². The van der Waals surface area contributed by atoms with Gasteiger partial charge in [0.1, 0.15) is 15.7 Å². The minimum absolute atomic E-state index is 0.875. The topological polar surface area (TPSA) is 25.8 Å². The summed E-state index contributed by atoms with van der Waals surface area (Å²) >= 11 is 7.08. The van der Waals surface area contributed by atoms with Crippen LogP contribution >= 0.6 is 39.0 Å². The van der Waals surface area contributed by atoms with Gasteiger partial charge in [-0.25, -0.2) is 9.97 Å². The molecule has 0 aliphatic rings. The van der Waals surface area contributed by atoms with Gasteiger partial charge in [0, 0.05) is 21.3 Å². The number of hydrogen-bond acceptors (Lipinski definition) is 4. The Hall–Kier alpha value is -0.130. The molecule has 0 aromatic carbocycles. The molecule has 0 unspecified atom stereocenters. The van der Waals surface area contributed by atoms with Crippen LogP contribution in [-0.4, -0.2) is 21.1 Å². The quantitative estimate of drug-likeness (QED) is 0.357. The first-order valence-electron chi connectivity index (χ1n) is 5.56. The maximum atomic E-state index is 4.59. The molecule has 92 valence electrons. The molecule has 0 spiro atoms. The van der Waals surface area contributed by atoms with Crippen molar-refractivity contribution in [3.63, 3.8) is 0 Å². The molecule has 2 aromatic heterocycles. The van der Waals surface area contributed by atoms with Crippen molar-refractivity contribution in [1.82, 2.24) is 9.97 Å². The number of nitrogens with zero attached hydrogens (tertiary/aromatic N) is 2. The third-order valence-corrected chi connectivity index (χ3v) is 5.35. The van der Waals surface area contributed by atoms with Gasteiger partial charge in [0.25, 0.3) is 0 Å². The van der Waals surface area contributed by atoms with Crippen LogP contribution in [-0.2, 0) is 0 Å². The highest BCUT2D eigenvalue weighted by molar-refractivity contribution is 9.09. The minimum atomic E-state index is 0.875. The standard InChI is InChI=1S/C12H15BrN2S2/c1-7-8(2)17-12-10(7)11(14-9(3)15-12)16-6-4-5-13/h4-6H2,1-3H3. The number of alkyl halides is 1. The van der Waals surface area contributed by atoms with Gasteiger partial charge >= 0.3 is 0 Å². The summed E-state index contributed by atoms with van der Waals surface area (Å²) in [7, 11) is 0. The van der Waals surface area contributed by atoms with Gasteiger partial charge < -0.3 is 0 Å². The van der Waals surface area contributed by atoms with Crippen LogP contribution in [0.5, 0.6) is 0 Å². The van der Waals surface area contributed by atoms with Crippen LogP contribution in [0.25, 0.3) is 10.2 Å². The summed E-state index contributed by atoms with van der Waals surface area (Å²) in [5, 5.41) is 3.46. The number of aryl methyl sites for hydroxylation is 3. The molecule has 0 atom stereocenters. The van der Waals surface area contributed by atoms with Crippen LogP contribution in [0.15, 0.2) is 5.03 Å². The molecule has 2 aromatic rings. The Kier molecular flexibility index (Phi) is 4.44. The second-order valence-electron chi connectivity index (χ2n) is 3.93. The highest BCUT2D eigenvalue weighted by atomic mass is 79.9. The molecular weight excluding hydrogens is 316 g/mol. The highest BCUT2D eigenvalue weighted by Gasteiger charge is 2.13. The van der Waals surface area contributed by atoms with E-state index >= 15 is 0 Å². The van der Waals surface area contributed by atoms with Crippen molar-refractivity contribution in [3.8, 4) is 0 Å². The molecule has 2 nitrogen and oxygen atoms in total. The van der Waals surface area contributed by atoms with Crippen molar-refractivity contribution < 1.29 is 0 Å². The fraction of sp³-hybridized carbons (Fsp3) is 0.500.